The Hall–Kier alpha value is -1.84. The molecule has 3 rings (SSSR count). The van der Waals surface area contributed by atoms with Crippen molar-refractivity contribution in [3.8, 4) is 5.75 Å². The number of aromatic nitrogens is 2. The zero-order valence-electron chi connectivity index (χ0n) is 19.2. The number of fused-ring (bicyclic) bond motifs is 1. The summed E-state index contributed by atoms with van der Waals surface area (Å²) in [7, 11) is 0. The lowest BCUT2D eigenvalue weighted by atomic mass is 10.2. The van der Waals surface area contributed by atoms with E-state index in [0.717, 1.165) is 55.8 Å². The van der Waals surface area contributed by atoms with Gasteiger partial charge in [-0.25, -0.2) is 4.98 Å². The van der Waals surface area contributed by atoms with E-state index in [2.05, 4.69) is 24.1 Å². The van der Waals surface area contributed by atoms with Gasteiger partial charge in [-0.2, -0.15) is 0 Å². The summed E-state index contributed by atoms with van der Waals surface area (Å²) in [4.78, 5) is 32.5. The van der Waals surface area contributed by atoms with Crippen LogP contribution < -0.4 is 28.2 Å². The van der Waals surface area contributed by atoms with Crippen LogP contribution in [0.15, 0.2) is 29.2 Å². The predicted octanol–water partition coefficient (Wildman–Crippen LogP) is 0.688. The van der Waals surface area contributed by atoms with Gasteiger partial charge in [-0.15, -0.1) is 0 Å². The first kappa shape index (κ1) is 28.4. The minimum atomic E-state index is -0.662. The Morgan fingerprint density at radius 3 is 2.47 bits per heavy atom. The van der Waals surface area contributed by atoms with E-state index >= 15 is 0 Å². The van der Waals surface area contributed by atoms with E-state index in [-0.39, 0.29) is 24.6 Å². The lowest BCUT2D eigenvalue weighted by molar-refractivity contribution is -0.914. The number of unbranched alkanes of at least 4 members (excludes halogenated alkanes) is 2. The molecule has 1 aromatic carbocycles. The van der Waals surface area contributed by atoms with Crippen LogP contribution in [0, 0.1) is 0 Å². The molecule has 1 amide bonds. The third kappa shape index (κ3) is 7.09. The molecule has 0 atom stereocenters. The number of halogens is 3. The largest absolute Gasteiger partial charge is 1.00 e. The van der Waals surface area contributed by atoms with Gasteiger partial charge in [-0.3, -0.25) is 14.0 Å². The quantitative estimate of drug-likeness (QED) is 0.330. The molecule has 3 N–H and O–H groups in total. The number of rotatable bonds is 11. The van der Waals surface area contributed by atoms with Gasteiger partial charge in [0.05, 0.1) is 28.0 Å². The minimum Gasteiger partial charge on any atom is -1.00 e. The van der Waals surface area contributed by atoms with Crippen molar-refractivity contribution in [2.45, 2.75) is 52.6 Å². The fourth-order valence-electron chi connectivity index (χ4n) is 3.54. The van der Waals surface area contributed by atoms with Gasteiger partial charge in [-0.05, 0) is 30.5 Å². The minimum absolute atomic E-state index is 0. The third-order valence-electron chi connectivity index (χ3n) is 5.40. The SMILES string of the molecule is CCCC[NH+](CCCC)Cc1cn2c(=O)c(O)c(C(=O)NCc3ccc(Cl)c(Cl)c3)nc2s1.[Cl-]. The van der Waals surface area contributed by atoms with Crippen LogP contribution in [-0.2, 0) is 13.1 Å². The van der Waals surface area contributed by atoms with Crippen LogP contribution in [0.2, 0.25) is 10.0 Å². The molecule has 2 heterocycles. The van der Waals surface area contributed by atoms with E-state index in [0.29, 0.717) is 15.0 Å². The number of thiazole rings is 1. The van der Waals surface area contributed by atoms with E-state index < -0.39 is 17.2 Å². The summed E-state index contributed by atoms with van der Waals surface area (Å²) < 4.78 is 1.32. The molecule has 0 unspecified atom stereocenters. The Kier molecular flexibility index (Phi) is 11.1. The molecule has 186 valence electrons. The average Bonchev–Trinajstić information content (AvgIpc) is 3.21. The van der Waals surface area contributed by atoms with E-state index in [1.807, 2.05) is 0 Å². The van der Waals surface area contributed by atoms with Crippen molar-refractivity contribution in [3.05, 3.63) is 60.9 Å². The number of carbonyl (C=O) groups is 1. The summed E-state index contributed by atoms with van der Waals surface area (Å²) in [6.07, 6.45) is 6.29. The zero-order valence-corrected chi connectivity index (χ0v) is 22.3. The fraction of sp³-hybridized carbons (Fsp3) is 0.435. The smallest absolute Gasteiger partial charge is 0.301 e. The van der Waals surface area contributed by atoms with Crippen molar-refractivity contribution < 1.29 is 27.2 Å². The first-order chi connectivity index (χ1) is 15.8. The van der Waals surface area contributed by atoms with Crippen LogP contribution in [0.5, 0.6) is 5.75 Å². The Labute approximate surface area is 219 Å². The molecule has 0 bridgehead atoms. The molecular formula is C23H29Cl3N4O3S. The maximum atomic E-state index is 12.7. The molecule has 3 aromatic rings. The van der Waals surface area contributed by atoms with Gasteiger partial charge in [0.2, 0.25) is 5.75 Å². The van der Waals surface area contributed by atoms with Gasteiger partial charge in [-0.1, -0.05) is 67.3 Å². The van der Waals surface area contributed by atoms with Gasteiger partial charge in [0.1, 0.15) is 6.54 Å². The van der Waals surface area contributed by atoms with Crippen LogP contribution in [0.1, 0.15) is 60.5 Å². The van der Waals surface area contributed by atoms with Crippen molar-refractivity contribution in [1.82, 2.24) is 14.7 Å². The second-order valence-electron chi connectivity index (χ2n) is 8.03. The Bertz CT molecular complexity index is 1170. The fourth-order valence-corrected chi connectivity index (χ4v) is 4.90. The summed E-state index contributed by atoms with van der Waals surface area (Å²) in [5.74, 6) is -1.30. The standard InChI is InChI=1S/C23H28Cl2N4O3S.ClH/c1-3-5-9-28(10-6-4-2)13-16-14-29-22(32)20(30)19(27-23(29)33-16)21(31)26-12-15-7-8-17(24)18(25)11-15;/h7-8,11,14,30H,3-6,9-10,12-13H2,1-2H3,(H,26,31);1H. The summed E-state index contributed by atoms with van der Waals surface area (Å²) in [5.41, 5.74) is -0.198. The summed E-state index contributed by atoms with van der Waals surface area (Å²) in [6.45, 7) is 7.43. The number of hydrogen-bond donors (Lipinski definition) is 3. The lowest BCUT2D eigenvalue weighted by Gasteiger charge is -2.18. The van der Waals surface area contributed by atoms with Crippen molar-refractivity contribution in [1.29, 1.82) is 0 Å². The van der Waals surface area contributed by atoms with Crippen molar-refractivity contribution >= 4 is 45.4 Å². The topological polar surface area (TPSA) is 88.1 Å². The van der Waals surface area contributed by atoms with E-state index in [1.54, 1.807) is 24.4 Å². The van der Waals surface area contributed by atoms with Gasteiger partial charge in [0.15, 0.2) is 10.7 Å². The Morgan fingerprint density at radius 2 is 1.85 bits per heavy atom. The molecular weight excluding hydrogens is 519 g/mol. The van der Waals surface area contributed by atoms with Crippen LogP contribution in [0.25, 0.3) is 4.96 Å². The summed E-state index contributed by atoms with van der Waals surface area (Å²) in [6, 6.07) is 5.02. The van der Waals surface area contributed by atoms with E-state index in [9.17, 15) is 14.7 Å². The molecule has 2 aromatic heterocycles. The molecule has 0 aliphatic carbocycles. The highest BCUT2D eigenvalue weighted by Gasteiger charge is 2.21. The highest BCUT2D eigenvalue weighted by Crippen LogP contribution is 2.23. The monoisotopic (exact) mass is 546 g/mol. The van der Waals surface area contributed by atoms with Crippen molar-refractivity contribution in [2.75, 3.05) is 13.1 Å². The predicted molar refractivity (Wildman–Crippen MR) is 133 cm³/mol. The van der Waals surface area contributed by atoms with E-state index in [1.165, 1.54) is 20.6 Å². The van der Waals surface area contributed by atoms with Crippen LogP contribution in [0.3, 0.4) is 0 Å². The number of amides is 1. The maximum absolute atomic E-state index is 12.7. The number of hydrogen-bond acceptors (Lipinski definition) is 5. The first-order valence-corrected chi connectivity index (χ1v) is 12.7. The van der Waals surface area contributed by atoms with Gasteiger partial charge < -0.3 is 27.7 Å². The first-order valence-electron chi connectivity index (χ1n) is 11.1. The molecule has 0 aliphatic heterocycles. The van der Waals surface area contributed by atoms with Crippen LogP contribution in [0.4, 0.5) is 0 Å². The third-order valence-corrected chi connectivity index (χ3v) is 7.12. The van der Waals surface area contributed by atoms with Crippen LogP contribution in [-0.4, -0.2) is 33.5 Å². The van der Waals surface area contributed by atoms with E-state index in [4.69, 9.17) is 23.2 Å². The second-order valence-corrected chi connectivity index (χ2v) is 9.94. The van der Waals surface area contributed by atoms with Gasteiger partial charge >= 0.3 is 5.56 Å². The number of benzene rings is 1. The molecule has 34 heavy (non-hydrogen) atoms. The van der Waals surface area contributed by atoms with Gasteiger partial charge in [0, 0.05) is 12.7 Å². The normalized spacial score (nSPS) is 11.1. The number of aromatic hydroxyl groups is 1. The number of quaternary nitrogens is 1. The Morgan fingerprint density at radius 1 is 1.18 bits per heavy atom. The molecule has 11 heteroatoms. The summed E-state index contributed by atoms with van der Waals surface area (Å²) in [5, 5.41) is 13.8. The second kappa shape index (κ2) is 13.3. The lowest BCUT2D eigenvalue weighted by Crippen LogP contribution is -3.10. The highest BCUT2D eigenvalue weighted by molar-refractivity contribution is 7.17. The molecule has 0 saturated carbocycles. The molecule has 0 spiro atoms. The average molecular weight is 548 g/mol. The van der Waals surface area contributed by atoms with Crippen molar-refractivity contribution in [2.24, 2.45) is 0 Å². The molecule has 0 radical (unpaired) electrons. The zero-order chi connectivity index (χ0) is 24.0. The molecule has 0 fully saturated rings. The number of nitrogens with one attached hydrogen (secondary N) is 2. The highest BCUT2D eigenvalue weighted by atomic mass is 35.5. The van der Waals surface area contributed by atoms with Crippen LogP contribution >= 0.6 is 34.5 Å². The van der Waals surface area contributed by atoms with Crippen molar-refractivity contribution in [3.63, 3.8) is 0 Å². The summed E-state index contributed by atoms with van der Waals surface area (Å²) >= 11 is 13.3. The molecule has 0 aliphatic rings. The number of carbonyl (C=O) groups excluding carboxylic acids is 1. The molecule has 7 nitrogen and oxygen atoms in total. The van der Waals surface area contributed by atoms with Gasteiger partial charge in [0.25, 0.3) is 5.91 Å². The maximum Gasteiger partial charge on any atom is 0.301 e. The molecule has 0 saturated heterocycles. The number of nitrogens with zero attached hydrogens (tertiary/aromatic N) is 2. The Balaban J connectivity index is 0.00000408.